The van der Waals surface area contributed by atoms with Gasteiger partial charge in [0, 0.05) is 24.3 Å². The summed E-state index contributed by atoms with van der Waals surface area (Å²) in [5, 5.41) is 7.17. The molecular weight excluding hydrogens is 384 g/mol. The summed E-state index contributed by atoms with van der Waals surface area (Å²) in [5.74, 6) is -0.144. The zero-order valence-corrected chi connectivity index (χ0v) is 16.6. The fourth-order valence-corrected chi connectivity index (χ4v) is 3.25. The van der Waals surface area contributed by atoms with Crippen molar-refractivity contribution in [3.63, 3.8) is 0 Å². The number of hydrogen-bond donors (Lipinski definition) is 1. The molecule has 1 N–H and O–H groups in total. The van der Waals surface area contributed by atoms with Crippen molar-refractivity contribution in [2.24, 2.45) is 0 Å². The fourth-order valence-electron chi connectivity index (χ4n) is 3.25. The van der Waals surface area contributed by atoms with E-state index >= 15 is 0 Å². The van der Waals surface area contributed by atoms with Crippen LogP contribution < -0.4 is 10.1 Å². The molecule has 1 saturated heterocycles. The van der Waals surface area contributed by atoms with E-state index in [0.717, 1.165) is 5.69 Å². The van der Waals surface area contributed by atoms with Gasteiger partial charge in [0.15, 0.2) is 11.4 Å². The molecule has 3 aromatic rings. The van der Waals surface area contributed by atoms with Crippen LogP contribution in [0.1, 0.15) is 20.8 Å². The Morgan fingerprint density at radius 2 is 1.83 bits per heavy atom. The first-order valence-electron chi connectivity index (χ1n) is 9.63. The molecule has 1 fully saturated rings. The van der Waals surface area contributed by atoms with E-state index in [1.165, 1.54) is 7.11 Å². The number of rotatable bonds is 5. The van der Waals surface area contributed by atoms with Crippen molar-refractivity contribution in [2.75, 3.05) is 38.7 Å². The number of hydrogen-bond acceptors (Lipinski definition) is 5. The van der Waals surface area contributed by atoms with Gasteiger partial charge in [-0.2, -0.15) is 5.10 Å². The van der Waals surface area contributed by atoms with Crippen molar-refractivity contribution in [3.05, 3.63) is 72.1 Å². The zero-order valence-electron chi connectivity index (χ0n) is 16.6. The third-order valence-electron chi connectivity index (χ3n) is 4.80. The van der Waals surface area contributed by atoms with Crippen LogP contribution in [0.4, 0.5) is 5.69 Å². The van der Waals surface area contributed by atoms with Crippen molar-refractivity contribution in [2.45, 2.75) is 0 Å². The van der Waals surface area contributed by atoms with Crippen molar-refractivity contribution < 1.29 is 19.1 Å². The smallest absolute Gasteiger partial charge is 0.280 e. The summed E-state index contributed by atoms with van der Waals surface area (Å²) in [6, 6.07) is 16.3. The number of nitrogens with zero attached hydrogens (tertiary/aromatic N) is 3. The number of carbonyl (C=O) groups excluding carboxylic acids is 2. The van der Waals surface area contributed by atoms with Crippen molar-refractivity contribution in [1.82, 2.24) is 14.7 Å². The number of carbonyl (C=O) groups is 2. The quantitative estimate of drug-likeness (QED) is 0.704. The molecule has 154 valence electrons. The van der Waals surface area contributed by atoms with E-state index in [4.69, 9.17) is 9.47 Å². The minimum atomic E-state index is -0.419. The number of aromatic nitrogens is 2. The van der Waals surface area contributed by atoms with Crippen molar-refractivity contribution >= 4 is 17.5 Å². The average Bonchev–Trinajstić information content (AvgIpc) is 3.25. The Morgan fingerprint density at radius 3 is 2.57 bits per heavy atom. The molecule has 0 saturated carbocycles. The molecule has 0 bridgehead atoms. The molecule has 2 aromatic carbocycles. The normalized spacial score (nSPS) is 13.7. The van der Waals surface area contributed by atoms with Gasteiger partial charge in [-0.25, -0.2) is 4.68 Å². The number of anilines is 1. The molecule has 1 aromatic heterocycles. The zero-order chi connectivity index (χ0) is 20.9. The van der Waals surface area contributed by atoms with Gasteiger partial charge >= 0.3 is 0 Å². The molecule has 0 aliphatic carbocycles. The first-order valence-corrected chi connectivity index (χ1v) is 9.63. The van der Waals surface area contributed by atoms with E-state index in [9.17, 15) is 9.59 Å². The van der Waals surface area contributed by atoms with Gasteiger partial charge in [0.1, 0.15) is 0 Å². The molecule has 0 radical (unpaired) electrons. The van der Waals surface area contributed by atoms with Gasteiger partial charge in [-0.15, -0.1) is 0 Å². The largest absolute Gasteiger partial charge is 0.493 e. The SMILES string of the molecule is COc1cn(-c2ccccc2)nc1C(=O)Nc1cccc(C(=O)N2CCOCC2)c1. The lowest BCUT2D eigenvalue weighted by atomic mass is 10.1. The maximum absolute atomic E-state index is 12.8. The second-order valence-corrected chi connectivity index (χ2v) is 6.77. The number of nitrogens with one attached hydrogen (secondary N) is 1. The third-order valence-corrected chi connectivity index (χ3v) is 4.80. The molecule has 1 aliphatic heterocycles. The van der Waals surface area contributed by atoms with E-state index in [1.54, 1.807) is 40.0 Å². The summed E-state index contributed by atoms with van der Waals surface area (Å²) in [4.78, 5) is 27.3. The maximum atomic E-state index is 12.8. The highest BCUT2D eigenvalue weighted by Gasteiger charge is 2.21. The number of ether oxygens (including phenoxy) is 2. The predicted octanol–water partition coefficient (Wildman–Crippen LogP) is 2.61. The first kappa shape index (κ1) is 19.7. The Kier molecular flexibility index (Phi) is 5.76. The first-order chi connectivity index (χ1) is 14.7. The van der Waals surface area contributed by atoms with Crippen LogP contribution in [0.25, 0.3) is 5.69 Å². The third kappa shape index (κ3) is 4.18. The monoisotopic (exact) mass is 406 g/mol. The molecule has 30 heavy (non-hydrogen) atoms. The van der Waals surface area contributed by atoms with Crippen LogP contribution in [0, 0.1) is 0 Å². The van der Waals surface area contributed by atoms with Gasteiger partial charge in [-0.1, -0.05) is 24.3 Å². The van der Waals surface area contributed by atoms with E-state index in [2.05, 4.69) is 10.4 Å². The molecule has 0 atom stereocenters. The van der Waals surface area contributed by atoms with E-state index in [1.807, 2.05) is 30.3 Å². The lowest BCUT2D eigenvalue weighted by Crippen LogP contribution is -2.40. The Labute approximate surface area is 174 Å². The molecule has 4 rings (SSSR count). The lowest BCUT2D eigenvalue weighted by molar-refractivity contribution is 0.0303. The molecule has 8 nitrogen and oxygen atoms in total. The second kappa shape index (κ2) is 8.79. The topological polar surface area (TPSA) is 85.7 Å². The molecule has 1 aliphatic rings. The van der Waals surface area contributed by atoms with Crippen LogP contribution in [0.5, 0.6) is 5.75 Å². The highest BCUT2D eigenvalue weighted by atomic mass is 16.5. The van der Waals surface area contributed by atoms with Gasteiger partial charge < -0.3 is 19.7 Å². The van der Waals surface area contributed by atoms with Gasteiger partial charge in [0.2, 0.25) is 0 Å². The average molecular weight is 406 g/mol. The predicted molar refractivity (Wildman–Crippen MR) is 111 cm³/mol. The highest BCUT2D eigenvalue weighted by Crippen LogP contribution is 2.21. The van der Waals surface area contributed by atoms with Gasteiger partial charge in [0.05, 0.1) is 32.2 Å². The summed E-state index contributed by atoms with van der Waals surface area (Å²) in [6.07, 6.45) is 1.66. The summed E-state index contributed by atoms with van der Waals surface area (Å²) in [6.45, 7) is 2.19. The van der Waals surface area contributed by atoms with Crippen LogP contribution in [0.3, 0.4) is 0 Å². The van der Waals surface area contributed by atoms with Gasteiger partial charge in [0.25, 0.3) is 11.8 Å². The van der Waals surface area contributed by atoms with Crippen LogP contribution in [-0.4, -0.2) is 59.9 Å². The Bertz CT molecular complexity index is 1040. The summed E-state index contributed by atoms with van der Waals surface area (Å²) >= 11 is 0. The second-order valence-electron chi connectivity index (χ2n) is 6.77. The van der Waals surface area contributed by atoms with Crippen molar-refractivity contribution in [1.29, 1.82) is 0 Å². The van der Waals surface area contributed by atoms with E-state index < -0.39 is 5.91 Å². The van der Waals surface area contributed by atoms with Crippen LogP contribution in [-0.2, 0) is 4.74 Å². The summed E-state index contributed by atoms with van der Waals surface area (Å²) < 4.78 is 12.2. The maximum Gasteiger partial charge on any atom is 0.280 e. The minimum absolute atomic E-state index is 0.0830. The molecular formula is C22H22N4O4. The molecule has 2 amide bonds. The van der Waals surface area contributed by atoms with E-state index in [-0.39, 0.29) is 11.6 Å². The molecule has 0 spiro atoms. The summed E-state index contributed by atoms with van der Waals surface area (Å²) in [5.41, 5.74) is 1.99. The van der Waals surface area contributed by atoms with Gasteiger partial charge in [-0.05, 0) is 30.3 Å². The van der Waals surface area contributed by atoms with Crippen LogP contribution in [0.15, 0.2) is 60.8 Å². The number of methoxy groups -OCH3 is 1. The number of benzene rings is 2. The standard InChI is InChI=1S/C22H22N4O4/c1-29-19-15-26(18-8-3-2-4-9-18)24-20(19)21(27)23-17-7-5-6-16(14-17)22(28)25-10-12-30-13-11-25/h2-9,14-15H,10-13H2,1H3,(H,23,27). The Hall–Kier alpha value is -3.65. The molecule has 2 heterocycles. The van der Waals surface area contributed by atoms with Crippen LogP contribution >= 0.6 is 0 Å². The molecule has 8 heteroatoms. The molecule has 0 unspecified atom stereocenters. The summed E-state index contributed by atoms with van der Waals surface area (Å²) in [7, 11) is 1.49. The van der Waals surface area contributed by atoms with E-state index in [0.29, 0.717) is 43.3 Å². The fraction of sp³-hybridized carbons (Fsp3) is 0.227. The highest BCUT2D eigenvalue weighted by molar-refractivity contribution is 6.05. The van der Waals surface area contributed by atoms with Crippen molar-refractivity contribution in [3.8, 4) is 11.4 Å². The Balaban J connectivity index is 1.53. The number of amides is 2. The van der Waals surface area contributed by atoms with Gasteiger partial charge in [-0.3, -0.25) is 9.59 Å². The minimum Gasteiger partial charge on any atom is -0.493 e. The van der Waals surface area contributed by atoms with Crippen LogP contribution in [0.2, 0.25) is 0 Å². The number of morpholine rings is 1. The number of para-hydroxylation sites is 1. The lowest BCUT2D eigenvalue weighted by Gasteiger charge is -2.27. The Morgan fingerprint density at radius 1 is 1.07 bits per heavy atom.